The molecule has 0 saturated heterocycles. The van der Waals surface area contributed by atoms with Crippen LogP contribution in [0.2, 0.25) is 0 Å². The van der Waals surface area contributed by atoms with E-state index < -0.39 is 5.76 Å². The number of fused-ring (bicyclic) bond motifs is 1. The number of hydrogen-bond donors (Lipinski definition) is 2. The highest BCUT2D eigenvalue weighted by Crippen LogP contribution is 2.32. The number of rotatable bonds is 3. The molecule has 0 fully saturated rings. The molecular weight excluding hydrogens is 266 g/mol. The van der Waals surface area contributed by atoms with E-state index in [2.05, 4.69) is 36.2 Å². The Labute approximate surface area is 122 Å². The summed E-state index contributed by atoms with van der Waals surface area (Å²) in [7, 11) is 1.94. The standard InChI is InChI=1S/C16H17N3O2/c1-3-10-4-6-11(7-5-10)19(2)14-9-13-15(8-12(14)17)21-16(20)18-13/h4-9H,3,17H2,1-2H3,(H,18,20). The maximum atomic E-state index is 11.2. The lowest BCUT2D eigenvalue weighted by Crippen LogP contribution is -2.11. The molecule has 0 spiro atoms. The van der Waals surface area contributed by atoms with Crippen LogP contribution in [0.3, 0.4) is 0 Å². The lowest BCUT2D eigenvalue weighted by Gasteiger charge is -2.21. The van der Waals surface area contributed by atoms with Crippen molar-refractivity contribution in [2.45, 2.75) is 13.3 Å². The summed E-state index contributed by atoms with van der Waals surface area (Å²) in [6.45, 7) is 2.12. The molecule has 3 aromatic rings. The van der Waals surface area contributed by atoms with Gasteiger partial charge in [-0.2, -0.15) is 0 Å². The monoisotopic (exact) mass is 283 g/mol. The molecule has 21 heavy (non-hydrogen) atoms. The predicted octanol–water partition coefficient (Wildman–Crippen LogP) is 3.03. The quantitative estimate of drug-likeness (QED) is 0.724. The van der Waals surface area contributed by atoms with Crippen molar-refractivity contribution in [3.63, 3.8) is 0 Å². The molecule has 0 unspecified atom stereocenters. The van der Waals surface area contributed by atoms with E-state index in [0.717, 1.165) is 17.8 Å². The Kier molecular flexibility index (Phi) is 3.17. The number of anilines is 3. The van der Waals surface area contributed by atoms with E-state index in [0.29, 0.717) is 16.8 Å². The van der Waals surface area contributed by atoms with Crippen molar-refractivity contribution in [3.8, 4) is 0 Å². The number of hydrogen-bond acceptors (Lipinski definition) is 4. The second-order valence-electron chi connectivity index (χ2n) is 5.00. The Bertz CT molecular complexity index is 831. The van der Waals surface area contributed by atoms with Crippen LogP contribution in [0.25, 0.3) is 11.1 Å². The smallest absolute Gasteiger partial charge is 0.408 e. The highest BCUT2D eigenvalue weighted by atomic mass is 16.4. The third kappa shape index (κ3) is 2.38. The van der Waals surface area contributed by atoms with Crippen molar-refractivity contribution < 1.29 is 4.42 Å². The second kappa shape index (κ2) is 5.01. The number of aromatic nitrogens is 1. The molecule has 3 rings (SSSR count). The van der Waals surface area contributed by atoms with Crippen LogP contribution >= 0.6 is 0 Å². The van der Waals surface area contributed by atoms with Gasteiger partial charge in [0.05, 0.1) is 16.9 Å². The SMILES string of the molecule is CCc1ccc(N(C)c2cc3[nH]c(=O)oc3cc2N)cc1. The van der Waals surface area contributed by atoms with Crippen molar-refractivity contribution in [2.24, 2.45) is 0 Å². The zero-order valence-electron chi connectivity index (χ0n) is 12.0. The molecule has 0 aliphatic rings. The molecule has 0 saturated carbocycles. The molecule has 2 aromatic carbocycles. The van der Waals surface area contributed by atoms with Gasteiger partial charge in [-0.25, -0.2) is 4.79 Å². The number of nitrogens with zero attached hydrogens (tertiary/aromatic N) is 1. The highest BCUT2D eigenvalue weighted by molar-refractivity contribution is 5.87. The van der Waals surface area contributed by atoms with Gasteiger partial charge in [0.1, 0.15) is 0 Å². The van der Waals surface area contributed by atoms with Gasteiger partial charge < -0.3 is 15.1 Å². The van der Waals surface area contributed by atoms with E-state index >= 15 is 0 Å². The molecule has 3 N–H and O–H groups in total. The largest absolute Gasteiger partial charge is 0.417 e. The van der Waals surface area contributed by atoms with E-state index in [1.54, 1.807) is 6.07 Å². The molecule has 1 heterocycles. The Balaban J connectivity index is 2.04. The molecule has 5 heteroatoms. The zero-order valence-corrected chi connectivity index (χ0v) is 12.0. The number of nitrogens with one attached hydrogen (secondary N) is 1. The van der Waals surface area contributed by atoms with Crippen molar-refractivity contribution in [2.75, 3.05) is 17.7 Å². The molecule has 0 aliphatic carbocycles. The van der Waals surface area contributed by atoms with Crippen molar-refractivity contribution in [3.05, 3.63) is 52.5 Å². The van der Waals surface area contributed by atoms with Crippen LogP contribution in [0.15, 0.2) is 45.6 Å². The summed E-state index contributed by atoms with van der Waals surface area (Å²) < 4.78 is 5.01. The van der Waals surface area contributed by atoms with Crippen LogP contribution < -0.4 is 16.4 Å². The average Bonchev–Trinajstić information content (AvgIpc) is 2.85. The zero-order chi connectivity index (χ0) is 15.0. The van der Waals surface area contributed by atoms with Gasteiger partial charge in [0, 0.05) is 18.8 Å². The number of oxazole rings is 1. The van der Waals surface area contributed by atoms with E-state index in [-0.39, 0.29) is 0 Å². The Hall–Kier alpha value is -2.69. The molecular formula is C16H17N3O2. The van der Waals surface area contributed by atoms with E-state index in [4.69, 9.17) is 10.2 Å². The Morgan fingerprint density at radius 3 is 2.62 bits per heavy atom. The predicted molar refractivity (Wildman–Crippen MR) is 85.1 cm³/mol. The molecule has 0 amide bonds. The van der Waals surface area contributed by atoms with E-state index in [1.807, 2.05) is 18.0 Å². The first-order valence-electron chi connectivity index (χ1n) is 6.83. The lowest BCUT2D eigenvalue weighted by molar-refractivity contribution is 0.555. The Morgan fingerprint density at radius 1 is 1.24 bits per heavy atom. The van der Waals surface area contributed by atoms with Gasteiger partial charge in [-0.05, 0) is 30.2 Å². The minimum absolute atomic E-state index is 0.469. The minimum atomic E-state index is -0.475. The molecule has 0 bridgehead atoms. The summed E-state index contributed by atoms with van der Waals surface area (Å²) in [5.41, 5.74) is 10.9. The van der Waals surface area contributed by atoms with Crippen LogP contribution in [0.5, 0.6) is 0 Å². The number of aromatic amines is 1. The fraction of sp³-hybridized carbons (Fsp3) is 0.188. The van der Waals surface area contributed by atoms with Crippen LogP contribution in [0, 0.1) is 0 Å². The third-order valence-electron chi connectivity index (χ3n) is 3.66. The number of nitrogens with two attached hydrogens (primary N) is 1. The summed E-state index contributed by atoms with van der Waals surface area (Å²) in [6.07, 6.45) is 1.01. The number of H-pyrrole nitrogens is 1. The fourth-order valence-electron chi connectivity index (χ4n) is 2.39. The normalized spacial score (nSPS) is 11.0. The molecule has 1 aromatic heterocycles. The first-order valence-corrected chi connectivity index (χ1v) is 6.83. The summed E-state index contributed by atoms with van der Waals surface area (Å²) >= 11 is 0. The van der Waals surface area contributed by atoms with Gasteiger partial charge in [-0.15, -0.1) is 0 Å². The lowest BCUT2D eigenvalue weighted by atomic mass is 10.1. The topological polar surface area (TPSA) is 75.3 Å². The van der Waals surface area contributed by atoms with Gasteiger partial charge in [0.15, 0.2) is 5.58 Å². The average molecular weight is 283 g/mol. The maximum Gasteiger partial charge on any atom is 0.417 e. The van der Waals surface area contributed by atoms with Crippen LogP contribution in [0.1, 0.15) is 12.5 Å². The van der Waals surface area contributed by atoms with Crippen molar-refractivity contribution >= 4 is 28.2 Å². The molecule has 5 nitrogen and oxygen atoms in total. The first kappa shape index (κ1) is 13.3. The van der Waals surface area contributed by atoms with Crippen LogP contribution in [-0.2, 0) is 6.42 Å². The maximum absolute atomic E-state index is 11.2. The van der Waals surface area contributed by atoms with Gasteiger partial charge in [-0.3, -0.25) is 4.98 Å². The van der Waals surface area contributed by atoms with Crippen molar-refractivity contribution in [1.82, 2.24) is 4.98 Å². The summed E-state index contributed by atoms with van der Waals surface area (Å²) in [6, 6.07) is 11.8. The highest BCUT2D eigenvalue weighted by Gasteiger charge is 2.11. The molecule has 0 atom stereocenters. The molecule has 0 aliphatic heterocycles. The summed E-state index contributed by atoms with van der Waals surface area (Å²) in [4.78, 5) is 15.9. The number of benzene rings is 2. The number of nitrogen functional groups attached to an aromatic ring is 1. The van der Waals surface area contributed by atoms with Gasteiger partial charge >= 0.3 is 5.76 Å². The number of aryl methyl sites for hydroxylation is 1. The Morgan fingerprint density at radius 2 is 1.95 bits per heavy atom. The van der Waals surface area contributed by atoms with Gasteiger partial charge in [-0.1, -0.05) is 19.1 Å². The van der Waals surface area contributed by atoms with E-state index in [9.17, 15) is 4.79 Å². The fourth-order valence-corrected chi connectivity index (χ4v) is 2.39. The van der Waals surface area contributed by atoms with E-state index in [1.165, 1.54) is 5.56 Å². The summed E-state index contributed by atoms with van der Waals surface area (Å²) in [5.74, 6) is -0.475. The van der Waals surface area contributed by atoms with Gasteiger partial charge in [0.25, 0.3) is 0 Å². The van der Waals surface area contributed by atoms with Crippen molar-refractivity contribution in [1.29, 1.82) is 0 Å². The molecule has 108 valence electrons. The van der Waals surface area contributed by atoms with Crippen LogP contribution in [-0.4, -0.2) is 12.0 Å². The second-order valence-corrected chi connectivity index (χ2v) is 5.00. The van der Waals surface area contributed by atoms with Crippen LogP contribution in [0.4, 0.5) is 17.1 Å². The first-order chi connectivity index (χ1) is 10.1. The minimum Gasteiger partial charge on any atom is -0.408 e. The van der Waals surface area contributed by atoms with Gasteiger partial charge in [0.2, 0.25) is 0 Å². The third-order valence-corrected chi connectivity index (χ3v) is 3.66. The summed E-state index contributed by atoms with van der Waals surface area (Å²) in [5, 5.41) is 0. The molecule has 0 radical (unpaired) electrons.